The Hall–Kier alpha value is -2.14. The number of rotatable bonds is 4. The molecule has 0 fully saturated rings. The highest BCUT2D eigenvalue weighted by atomic mass is 79.9. The average molecular weight is 347 g/mol. The molecule has 0 bridgehead atoms. The van der Waals surface area contributed by atoms with E-state index in [-0.39, 0.29) is 24.7 Å². The average Bonchev–Trinajstić information content (AvgIpc) is 2.49. The highest BCUT2D eigenvalue weighted by molar-refractivity contribution is 9.10. The molecule has 108 valence electrons. The molecule has 0 unspecified atom stereocenters. The first-order valence-electron chi connectivity index (χ1n) is 6.49. The second-order valence-electron chi connectivity index (χ2n) is 4.56. The zero-order valence-electron chi connectivity index (χ0n) is 11.3. The molecule has 0 aliphatic heterocycles. The number of amides is 2. The van der Waals surface area contributed by atoms with Gasteiger partial charge in [0.15, 0.2) is 0 Å². The minimum absolute atomic E-state index is 0.221. The summed E-state index contributed by atoms with van der Waals surface area (Å²) in [5.74, 6) is -0.496. The van der Waals surface area contributed by atoms with Crippen molar-refractivity contribution in [2.75, 3.05) is 0 Å². The first-order chi connectivity index (χ1) is 10.1. The van der Waals surface area contributed by atoms with E-state index in [4.69, 9.17) is 0 Å². The molecule has 0 aliphatic carbocycles. The van der Waals surface area contributed by atoms with Gasteiger partial charge in [-0.25, -0.2) is 0 Å². The molecule has 0 saturated carbocycles. The highest BCUT2D eigenvalue weighted by Crippen LogP contribution is 2.10. The molecule has 2 amide bonds. The van der Waals surface area contributed by atoms with Crippen LogP contribution in [0.3, 0.4) is 0 Å². The fourth-order valence-electron chi connectivity index (χ4n) is 1.80. The lowest BCUT2D eigenvalue weighted by Gasteiger charge is -2.07. The molecular formula is C16H15BrN2O2. The van der Waals surface area contributed by atoms with Crippen molar-refractivity contribution in [1.29, 1.82) is 0 Å². The fraction of sp³-hybridized carbons (Fsp3) is 0.125. The lowest BCUT2D eigenvalue weighted by molar-refractivity contribution is -0.128. The Labute approximate surface area is 131 Å². The summed E-state index contributed by atoms with van der Waals surface area (Å²) < 4.78 is 0.961. The van der Waals surface area contributed by atoms with E-state index in [1.54, 1.807) is 0 Å². The highest BCUT2D eigenvalue weighted by Gasteiger charge is 2.06. The summed E-state index contributed by atoms with van der Waals surface area (Å²) in [6, 6.07) is 16.8. The molecule has 0 atom stereocenters. The van der Waals surface area contributed by atoms with Crippen LogP contribution in [0.25, 0.3) is 0 Å². The van der Waals surface area contributed by atoms with Crippen LogP contribution in [0, 0.1) is 0 Å². The SMILES string of the molecule is O=C(Cc1ccccc1)NNC(=O)Cc1ccc(Br)cc1. The number of hydrogen-bond donors (Lipinski definition) is 2. The van der Waals surface area contributed by atoms with Gasteiger partial charge in [0.25, 0.3) is 0 Å². The monoisotopic (exact) mass is 346 g/mol. The van der Waals surface area contributed by atoms with Crippen LogP contribution in [0.1, 0.15) is 11.1 Å². The predicted molar refractivity (Wildman–Crippen MR) is 84.3 cm³/mol. The summed E-state index contributed by atoms with van der Waals surface area (Å²) in [4.78, 5) is 23.4. The normalized spacial score (nSPS) is 9.95. The smallest absolute Gasteiger partial charge is 0.242 e. The molecule has 2 aromatic rings. The van der Waals surface area contributed by atoms with Crippen molar-refractivity contribution >= 4 is 27.7 Å². The third-order valence-electron chi connectivity index (χ3n) is 2.83. The first kappa shape index (κ1) is 15.3. The van der Waals surface area contributed by atoms with Crippen LogP contribution in [-0.4, -0.2) is 11.8 Å². The van der Waals surface area contributed by atoms with Crippen molar-refractivity contribution in [2.45, 2.75) is 12.8 Å². The van der Waals surface area contributed by atoms with Gasteiger partial charge in [0, 0.05) is 4.47 Å². The molecule has 0 aliphatic rings. The Kier molecular flexibility index (Phi) is 5.51. The predicted octanol–water partition coefficient (Wildman–Crippen LogP) is 2.38. The van der Waals surface area contributed by atoms with Gasteiger partial charge in [0.05, 0.1) is 12.8 Å². The summed E-state index contributed by atoms with van der Waals surface area (Å²) in [7, 11) is 0. The van der Waals surface area contributed by atoms with Gasteiger partial charge in [-0.2, -0.15) is 0 Å². The van der Waals surface area contributed by atoms with Crippen LogP contribution in [0.2, 0.25) is 0 Å². The number of carbonyl (C=O) groups excluding carboxylic acids is 2. The fourth-order valence-corrected chi connectivity index (χ4v) is 2.06. The van der Waals surface area contributed by atoms with E-state index in [9.17, 15) is 9.59 Å². The summed E-state index contributed by atoms with van der Waals surface area (Å²) >= 11 is 3.34. The zero-order chi connectivity index (χ0) is 15.1. The molecule has 5 heteroatoms. The van der Waals surface area contributed by atoms with E-state index in [1.807, 2.05) is 54.6 Å². The number of nitrogens with one attached hydrogen (secondary N) is 2. The molecule has 2 aromatic carbocycles. The van der Waals surface area contributed by atoms with Crippen LogP contribution in [-0.2, 0) is 22.4 Å². The minimum Gasteiger partial charge on any atom is -0.273 e. The number of hydrazine groups is 1. The topological polar surface area (TPSA) is 58.2 Å². The van der Waals surface area contributed by atoms with E-state index >= 15 is 0 Å². The number of halogens is 1. The third-order valence-corrected chi connectivity index (χ3v) is 3.36. The molecule has 2 rings (SSSR count). The van der Waals surface area contributed by atoms with Gasteiger partial charge >= 0.3 is 0 Å². The Morgan fingerprint density at radius 2 is 1.24 bits per heavy atom. The van der Waals surface area contributed by atoms with Crippen molar-refractivity contribution in [3.8, 4) is 0 Å². The van der Waals surface area contributed by atoms with Gasteiger partial charge in [0.2, 0.25) is 11.8 Å². The van der Waals surface area contributed by atoms with Crippen molar-refractivity contribution in [1.82, 2.24) is 10.9 Å². The van der Waals surface area contributed by atoms with Crippen molar-refractivity contribution in [2.24, 2.45) is 0 Å². The maximum atomic E-state index is 11.7. The minimum atomic E-state index is -0.251. The molecule has 21 heavy (non-hydrogen) atoms. The summed E-state index contributed by atoms with van der Waals surface area (Å²) in [6.45, 7) is 0. The van der Waals surface area contributed by atoms with Crippen molar-refractivity contribution in [3.05, 3.63) is 70.2 Å². The molecule has 0 radical (unpaired) electrons. The number of carbonyl (C=O) groups is 2. The first-order valence-corrected chi connectivity index (χ1v) is 7.29. The number of benzene rings is 2. The van der Waals surface area contributed by atoms with Gasteiger partial charge in [-0.3, -0.25) is 20.4 Å². The zero-order valence-corrected chi connectivity index (χ0v) is 12.9. The van der Waals surface area contributed by atoms with E-state index in [0.717, 1.165) is 15.6 Å². The van der Waals surface area contributed by atoms with E-state index in [1.165, 1.54) is 0 Å². The Morgan fingerprint density at radius 1 is 0.762 bits per heavy atom. The summed E-state index contributed by atoms with van der Waals surface area (Å²) in [6.07, 6.45) is 0.457. The van der Waals surface area contributed by atoms with Gasteiger partial charge in [-0.15, -0.1) is 0 Å². The summed E-state index contributed by atoms with van der Waals surface area (Å²) in [5, 5.41) is 0. The quantitative estimate of drug-likeness (QED) is 0.835. The van der Waals surface area contributed by atoms with Crippen LogP contribution in [0.15, 0.2) is 59.1 Å². The standard InChI is InChI=1S/C16H15BrN2O2/c17-14-8-6-13(7-9-14)11-16(21)19-18-15(20)10-12-4-2-1-3-5-12/h1-9H,10-11H2,(H,18,20)(H,19,21). The summed E-state index contributed by atoms with van der Waals surface area (Å²) in [5.41, 5.74) is 6.61. The van der Waals surface area contributed by atoms with Gasteiger partial charge < -0.3 is 0 Å². The van der Waals surface area contributed by atoms with Crippen molar-refractivity contribution < 1.29 is 9.59 Å². The third kappa shape index (κ3) is 5.39. The Balaban J connectivity index is 1.76. The Morgan fingerprint density at radius 3 is 1.76 bits per heavy atom. The van der Waals surface area contributed by atoms with E-state index in [2.05, 4.69) is 26.8 Å². The maximum absolute atomic E-state index is 11.7. The number of hydrogen-bond acceptors (Lipinski definition) is 2. The van der Waals surface area contributed by atoms with Crippen LogP contribution >= 0.6 is 15.9 Å². The van der Waals surface area contributed by atoms with E-state index in [0.29, 0.717) is 0 Å². The van der Waals surface area contributed by atoms with Gasteiger partial charge in [-0.1, -0.05) is 58.4 Å². The second kappa shape index (κ2) is 7.59. The molecule has 0 saturated heterocycles. The molecule has 4 nitrogen and oxygen atoms in total. The maximum Gasteiger partial charge on any atom is 0.242 e. The van der Waals surface area contributed by atoms with Gasteiger partial charge in [-0.05, 0) is 23.3 Å². The lowest BCUT2D eigenvalue weighted by atomic mass is 10.1. The molecular weight excluding hydrogens is 332 g/mol. The molecule has 2 N–H and O–H groups in total. The van der Waals surface area contributed by atoms with E-state index < -0.39 is 0 Å². The lowest BCUT2D eigenvalue weighted by Crippen LogP contribution is -2.43. The molecule has 0 heterocycles. The van der Waals surface area contributed by atoms with Crippen LogP contribution in [0.4, 0.5) is 0 Å². The second-order valence-corrected chi connectivity index (χ2v) is 5.48. The Bertz CT molecular complexity index is 612. The van der Waals surface area contributed by atoms with Crippen LogP contribution in [0.5, 0.6) is 0 Å². The van der Waals surface area contributed by atoms with Gasteiger partial charge in [0.1, 0.15) is 0 Å². The molecule has 0 aromatic heterocycles. The molecule has 0 spiro atoms. The largest absolute Gasteiger partial charge is 0.273 e. The van der Waals surface area contributed by atoms with Crippen LogP contribution < -0.4 is 10.9 Å². The van der Waals surface area contributed by atoms with Crippen molar-refractivity contribution in [3.63, 3.8) is 0 Å².